The van der Waals surface area contributed by atoms with Crippen LogP contribution in [-0.4, -0.2) is 44.6 Å². The van der Waals surface area contributed by atoms with Crippen LogP contribution in [0, 0.1) is 0 Å². The Bertz CT molecular complexity index is 963. The van der Waals surface area contributed by atoms with Crippen LogP contribution in [-0.2, 0) is 26.0 Å². The number of amides is 1. The molecular formula is C19H21ClN2O6S. The van der Waals surface area contributed by atoms with Gasteiger partial charge in [0.15, 0.2) is 6.61 Å². The van der Waals surface area contributed by atoms with E-state index in [-0.39, 0.29) is 18.0 Å². The van der Waals surface area contributed by atoms with Crippen molar-refractivity contribution in [1.82, 2.24) is 10.0 Å². The third-order valence-electron chi connectivity index (χ3n) is 3.89. The van der Waals surface area contributed by atoms with Crippen molar-refractivity contribution in [2.24, 2.45) is 0 Å². The van der Waals surface area contributed by atoms with Crippen molar-refractivity contribution in [3.05, 3.63) is 59.1 Å². The number of benzene rings is 2. The van der Waals surface area contributed by atoms with Gasteiger partial charge in [0.25, 0.3) is 5.91 Å². The fourth-order valence-electron chi connectivity index (χ4n) is 2.36. The molecule has 29 heavy (non-hydrogen) atoms. The highest BCUT2D eigenvalue weighted by molar-refractivity contribution is 7.89. The minimum absolute atomic E-state index is 0.107. The highest BCUT2D eigenvalue weighted by Gasteiger charge is 2.16. The molecule has 2 aromatic carbocycles. The highest BCUT2D eigenvalue weighted by atomic mass is 35.5. The molecule has 2 aromatic rings. The average Bonchev–Trinajstić information content (AvgIpc) is 2.67. The third-order valence-corrected chi connectivity index (χ3v) is 5.62. The molecule has 10 heteroatoms. The highest BCUT2D eigenvalue weighted by Crippen LogP contribution is 2.19. The number of ether oxygens (including phenoxy) is 1. The van der Waals surface area contributed by atoms with E-state index in [1.165, 1.54) is 31.2 Å². The Morgan fingerprint density at radius 2 is 1.79 bits per heavy atom. The summed E-state index contributed by atoms with van der Waals surface area (Å²) in [5, 5.41) is 11.5. The van der Waals surface area contributed by atoms with Gasteiger partial charge in [-0.15, -0.1) is 0 Å². The second-order valence-corrected chi connectivity index (χ2v) is 8.33. The van der Waals surface area contributed by atoms with Gasteiger partial charge in [0, 0.05) is 11.6 Å². The van der Waals surface area contributed by atoms with Gasteiger partial charge in [-0.1, -0.05) is 29.8 Å². The van der Waals surface area contributed by atoms with E-state index in [1.54, 1.807) is 24.3 Å². The summed E-state index contributed by atoms with van der Waals surface area (Å²) in [5.74, 6) is -1.30. The standard InChI is InChI=1S/C19H21ClN2O6S/c1-13(19(24)25)22-18(23)12-28-17-5-3-2-4-14(17)10-11-21-29(26,27)16-8-6-15(20)7-9-16/h2-9,13,21H,10-12H2,1H3,(H,22,23)(H,24,25)/t13-/m0/s1. The molecule has 0 saturated carbocycles. The lowest BCUT2D eigenvalue weighted by atomic mass is 10.1. The molecule has 0 radical (unpaired) electrons. The minimum atomic E-state index is -3.68. The summed E-state index contributed by atoms with van der Waals surface area (Å²) in [6.45, 7) is 1.11. The maximum atomic E-state index is 12.3. The van der Waals surface area contributed by atoms with Gasteiger partial charge < -0.3 is 15.2 Å². The van der Waals surface area contributed by atoms with Gasteiger partial charge in [-0.25, -0.2) is 13.1 Å². The maximum Gasteiger partial charge on any atom is 0.325 e. The lowest BCUT2D eigenvalue weighted by Gasteiger charge is -2.13. The third kappa shape index (κ3) is 7.04. The molecule has 0 saturated heterocycles. The van der Waals surface area contributed by atoms with Gasteiger partial charge in [-0.05, 0) is 49.2 Å². The van der Waals surface area contributed by atoms with E-state index < -0.39 is 27.9 Å². The predicted octanol–water partition coefficient (Wildman–Crippen LogP) is 1.83. The number of halogens is 1. The zero-order valence-electron chi connectivity index (χ0n) is 15.6. The smallest absolute Gasteiger partial charge is 0.325 e. The number of nitrogens with one attached hydrogen (secondary N) is 2. The first-order valence-corrected chi connectivity index (χ1v) is 10.5. The van der Waals surface area contributed by atoms with Gasteiger partial charge in [0.05, 0.1) is 4.90 Å². The normalized spacial score (nSPS) is 12.2. The molecule has 0 heterocycles. The molecular weight excluding hydrogens is 420 g/mol. The zero-order valence-corrected chi connectivity index (χ0v) is 17.2. The fraction of sp³-hybridized carbons (Fsp3) is 0.263. The number of hydrogen-bond donors (Lipinski definition) is 3. The number of hydrogen-bond acceptors (Lipinski definition) is 5. The van der Waals surface area contributed by atoms with Gasteiger partial charge in [-0.3, -0.25) is 9.59 Å². The largest absolute Gasteiger partial charge is 0.483 e. The van der Waals surface area contributed by atoms with Crippen LogP contribution >= 0.6 is 11.6 Å². The molecule has 0 spiro atoms. The molecule has 2 rings (SSSR count). The first kappa shape index (κ1) is 22.7. The summed E-state index contributed by atoms with van der Waals surface area (Å²) in [7, 11) is -3.68. The lowest BCUT2D eigenvalue weighted by Crippen LogP contribution is -2.40. The van der Waals surface area contributed by atoms with Crippen molar-refractivity contribution in [3.63, 3.8) is 0 Å². The molecule has 0 fully saturated rings. The Labute approximate surface area is 173 Å². The first-order chi connectivity index (χ1) is 13.7. The van der Waals surface area contributed by atoms with Crippen molar-refractivity contribution in [2.45, 2.75) is 24.3 Å². The monoisotopic (exact) mass is 440 g/mol. The molecule has 0 aromatic heterocycles. The van der Waals surface area contributed by atoms with Crippen LogP contribution in [0.2, 0.25) is 5.02 Å². The van der Waals surface area contributed by atoms with Crippen molar-refractivity contribution >= 4 is 33.5 Å². The van der Waals surface area contributed by atoms with E-state index in [2.05, 4.69) is 10.0 Å². The predicted molar refractivity (Wildman–Crippen MR) is 108 cm³/mol. The summed E-state index contributed by atoms with van der Waals surface area (Å²) < 4.78 is 32.6. The quantitative estimate of drug-likeness (QED) is 0.518. The maximum absolute atomic E-state index is 12.3. The zero-order chi connectivity index (χ0) is 21.4. The van der Waals surface area contributed by atoms with Crippen LogP contribution in [0.15, 0.2) is 53.4 Å². The van der Waals surface area contributed by atoms with Crippen LogP contribution in [0.1, 0.15) is 12.5 Å². The summed E-state index contributed by atoms with van der Waals surface area (Å²) >= 11 is 5.77. The molecule has 8 nitrogen and oxygen atoms in total. The summed E-state index contributed by atoms with van der Waals surface area (Å²) in [6.07, 6.45) is 0.330. The Morgan fingerprint density at radius 1 is 1.14 bits per heavy atom. The molecule has 0 aliphatic heterocycles. The summed E-state index contributed by atoms with van der Waals surface area (Å²) in [4.78, 5) is 22.6. The molecule has 0 bridgehead atoms. The number of carboxylic acids is 1. The molecule has 1 amide bonds. The lowest BCUT2D eigenvalue weighted by molar-refractivity contribution is -0.141. The van der Waals surface area contributed by atoms with E-state index in [4.69, 9.17) is 21.4 Å². The van der Waals surface area contributed by atoms with E-state index in [9.17, 15) is 18.0 Å². The van der Waals surface area contributed by atoms with Crippen LogP contribution in [0.4, 0.5) is 0 Å². The molecule has 3 N–H and O–H groups in total. The van der Waals surface area contributed by atoms with Gasteiger partial charge in [-0.2, -0.15) is 0 Å². The summed E-state index contributed by atoms with van der Waals surface area (Å²) in [6, 6.07) is 11.7. The van der Waals surface area contributed by atoms with Crippen LogP contribution in [0.25, 0.3) is 0 Å². The van der Waals surface area contributed by atoms with Gasteiger partial charge in [0.2, 0.25) is 10.0 Å². The van der Waals surface area contributed by atoms with Crippen molar-refractivity contribution in [1.29, 1.82) is 0 Å². The van der Waals surface area contributed by atoms with E-state index in [0.717, 1.165) is 0 Å². The van der Waals surface area contributed by atoms with Crippen LogP contribution in [0.3, 0.4) is 0 Å². The number of carbonyl (C=O) groups is 2. The van der Waals surface area contributed by atoms with Crippen molar-refractivity contribution in [2.75, 3.05) is 13.2 Å². The van der Waals surface area contributed by atoms with Crippen LogP contribution < -0.4 is 14.8 Å². The minimum Gasteiger partial charge on any atom is -0.483 e. The number of carbonyl (C=O) groups excluding carboxylic acids is 1. The summed E-state index contributed by atoms with van der Waals surface area (Å²) in [5.41, 5.74) is 0.699. The number of sulfonamides is 1. The van der Waals surface area contributed by atoms with Gasteiger partial charge >= 0.3 is 5.97 Å². The Hall–Kier alpha value is -2.62. The molecule has 0 aliphatic carbocycles. The number of aliphatic carboxylic acids is 1. The van der Waals surface area contributed by atoms with Crippen molar-refractivity contribution < 1.29 is 27.9 Å². The Balaban J connectivity index is 1.92. The first-order valence-electron chi connectivity index (χ1n) is 8.67. The van der Waals surface area contributed by atoms with Crippen LogP contribution in [0.5, 0.6) is 5.75 Å². The number of carboxylic acid groups (broad SMARTS) is 1. The second kappa shape index (κ2) is 10.2. The number of para-hydroxylation sites is 1. The van der Waals surface area contributed by atoms with E-state index in [0.29, 0.717) is 22.8 Å². The van der Waals surface area contributed by atoms with Crippen molar-refractivity contribution in [3.8, 4) is 5.75 Å². The Morgan fingerprint density at radius 3 is 2.45 bits per heavy atom. The molecule has 156 valence electrons. The van der Waals surface area contributed by atoms with E-state index in [1.807, 2.05) is 0 Å². The van der Waals surface area contributed by atoms with E-state index >= 15 is 0 Å². The fourth-order valence-corrected chi connectivity index (χ4v) is 3.51. The molecule has 1 atom stereocenters. The second-order valence-electron chi connectivity index (χ2n) is 6.13. The molecule has 0 unspecified atom stereocenters. The average molecular weight is 441 g/mol. The molecule has 0 aliphatic rings. The number of rotatable bonds is 10. The Kier molecular flexibility index (Phi) is 8.00. The van der Waals surface area contributed by atoms with Gasteiger partial charge in [0.1, 0.15) is 11.8 Å². The topological polar surface area (TPSA) is 122 Å². The SMILES string of the molecule is C[C@H](NC(=O)COc1ccccc1CCNS(=O)(=O)c1ccc(Cl)cc1)C(=O)O.